The third-order valence-electron chi connectivity index (χ3n) is 4.18. The molecule has 0 unspecified atom stereocenters. The Bertz CT molecular complexity index is 1150. The molecule has 3 aromatic rings. The van der Waals surface area contributed by atoms with Crippen LogP contribution in [0, 0.1) is 0 Å². The van der Waals surface area contributed by atoms with Gasteiger partial charge in [-0.15, -0.1) is 0 Å². The minimum absolute atomic E-state index is 0.0404. The number of hydrogen-bond donors (Lipinski definition) is 1. The first-order valence-electron chi connectivity index (χ1n) is 7.69. The highest BCUT2D eigenvalue weighted by molar-refractivity contribution is 7.92. The van der Waals surface area contributed by atoms with Gasteiger partial charge in [-0.25, -0.2) is 13.2 Å². The smallest absolute Gasteiger partial charge is 0.328 e. The fourth-order valence-electron chi connectivity index (χ4n) is 2.77. The maximum absolute atomic E-state index is 12.8. The van der Waals surface area contributed by atoms with Crippen molar-refractivity contribution in [2.45, 2.75) is 4.90 Å². The Kier molecular flexibility index (Phi) is 4.41. The zero-order valence-electron chi connectivity index (χ0n) is 14.8. The molecule has 0 bridgehead atoms. The van der Waals surface area contributed by atoms with Gasteiger partial charge in [0.05, 0.1) is 30.9 Å². The molecule has 3 rings (SSSR count). The number of anilines is 1. The van der Waals surface area contributed by atoms with E-state index in [0.29, 0.717) is 22.5 Å². The molecule has 1 heterocycles. The number of benzene rings is 2. The number of nitrogens with zero attached hydrogens (tertiary/aromatic N) is 2. The van der Waals surface area contributed by atoms with Gasteiger partial charge in [-0.05, 0) is 30.3 Å². The van der Waals surface area contributed by atoms with E-state index in [0.717, 1.165) is 0 Å². The van der Waals surface area contributed by atoms with Crippen LogP contribution in [0.4, 0.5) is 5.69 Å². The number of imidazole rings is 1. The number of nitrogens with one attached hydrogen (secondary N) is 1. The Balaban J connectivity index is 2.07. The first-order valence-corrected chi connectivity index (χ1v) is 9.17. The van der Waals surface area contributed by atoms with E-state index in [1.165, 1.54) is 35.5 Å². The Labute approximate surface area is 150 Å². The largest absolute Gasteiger partial charge is 0.497 e. The molecule has 0 spiro atoms. The predicted octanol–water partition coefficient (Wildman–Crippen LogP) is 1.69. The quantitative estimate of drug-likeness (QED) is 0.731. The molecule has 0 amide bonds. The summed E-state index contributed by atoms with van der Waals surface area (Å²) in [6.07, 6.45) is 0. The van der Waals surface area contributed by atoms with Crippen molar-refractivity contribution in [3.05, 3.63) is 46.9 Å². The second kappa shape index (κ2) is 6.41. The second-order valence-electron chi connectivity index (χ2n) is 5.73. The summed E-state index contributed by atoms with van der Waals surface area (Å²) >= 11 is 0. The van der Waals surface area contributed by atoms with E-state index >= 15 is 0 Å². The fraction of sp³-hybridized carbons (Fsp3) is 0.235. The van der Waals surface area contributed by atoms with Crippen LogP contribution in [-0.2, 0) is 24.1 Å². The van der Waals surface area contributed by atoms with E-state index in [1.807, 2.05) is 0 Å². The fourth-order valence-corrected chi connectivity index (χ4v) is 4.01. The van der Waals surface area contributed by atoms with Crippen LogP contribution in [0.2, 0.25) is 0 Å². The molecule has 8 nitrogen and oxygen atoms in total. The number of aryl methyl sites for hydroxylation is 2. The van der Waals surface area contributed by atoms with Gasteiger partial charge in [-0.2, -0.15) is 0 Å². The van der Waals surface area contributed by atoms with Crippen LogP contribution in [0.3, 0.4) is 0 Å². The molecule has 1 N–H and O–H groups in total. The summed E-state index contributed by atoms with van der Waals surface area (Å²) in [7, 11) is 2.22. The van der Waals surface area contributed by atoms with Crippen LogP contribution in [0.1, 0.15) is 0 Å². The summed E-state index contributed by atoms with van der Waals surface area (Å²) in [6.45, 7) is 0. The minimum atomic E-state index is -3.92. The molecule has 9 heteroatoms. The van der Waals surface area contributed by atoms with Crippen LogP contribution < -0.4 is 19.9 Å². The third-order valence-corrected chi connectivity index (χ3v) is 5.59. The van der Waals surface area contributed by atoms with Gasteiger partial charge in [-0.1, -0.05) is 0 Å². The van der Waals surface area contributed by atoms with Crippen LogP contribution >= 0.6 is 0 Å². The van der Waals surface area contributed by atoms with Gasteiger partial charge in [0.15, 0.2) is 0 Å². The van der Waals surface area contributed by atoms with Crippen molar-refractivity contribution in [2.24, 2.45) is 14.1 Å². The maximum Gasteiger partial charge on any atom is 0.328 e. The normalized spacial score (nSPS) is 11.5. The molecule has 0 saturated heterocycles. The molecule has 2 aromatic carbocycles. The topological polar surface area (TPSA) is 91.6 Å². The van der Waals surface area contributed by atoms with Crippen LogP contribution in [0.5, 0.6) is 11.5 Å². The lowest BCUT2D eigenvalue weighted by Gasteiger charge is -2.13. The summed E-state index contributed by atoms with van der Waals surface area (Å²) < 4.78 is 41.4. The highest BCUT2D eigenvalue weighted by atomic mass is 32.2. The Morgan fingerprint density at radius 1 is 0.923 bits per heavy atom. The van der Waals surface area contributed by atoms with E-state index in [-0.39, 0.29) is 16.3 Å². The number of hydrogen-bond acceptors (Lipinski definition) is 5. The Hall–Kier alpha value is -2.94. The van der Waals surface area contributed by atoms with Crippen molar-refractivity contribution in [2.75, 3.05) is 18.9 Å². The zero-order chi connectivity index (χ0) is 19.1. The zero-order valence-corrected chi connectivity index (χ0v) is 15.6. The average Bonchev–Trinajstić information content (AvgIpc) is 2.85. The summed E-state index contributed by atoms with van der Waals surface area (Å²) in [5, 5.41) is 0. The van der Waals surface area contributed by atoms with Crippen molar-refractivity contribution in [3.8, 4) is 11.5 Å². The predicted molar refractivity (Wildman–Crippen MR) is 98.5 cm³/mol. The lowest BCUT2D eigenvalue weighted by Crippen LogP contribution is -2.19. The van der Waals surface area contributed by atoms with Crippen molar-refractivity contribution < 1.29 is 17.9 Å². The van der Waals surface area contributed by atoms with Gasteiger partial charge in [-0.3, -0.25) is 13.9 Å². The average molecular weight is 377 g/mol. The molecule has 26 heavy (non-hydrogen) atoms. The van der Waals surface area contributed by atoms with Crippen LogP contribution in [-0.4, -0.2) is 31.8 Å². The summed E-state index contributed by atoms with van der Waals surface area (Å²) in [5.74, 6) is 0.596. The monoisotopic (exact) mass is 377 g/mol. The standard InChI is InChI=1S/C17H19N3O5S/c1-19-13-7-5-11(9-14(13)20(2)17(19)21)18-26(22,23)16-10-12(24-3)6-8-15(16)25-4/h5-10,18H,1-4H3. The van der Waals surface area contributed by atoms with Crippen LogP contribution in [0.25, 0.3) is 11.0 Å². The number of methoxy groups -OCH3 is 2. The summed E-state index contributed by atoms with van der Waals surface area (Å²) in [4.78, 5) is 12.0. The van der Waals surface area contributed by atoms with Gasteiger partial charge in [0.2, 0.25) is 0 Å². The summed E-state index contributed by atoms with van der Waals surface area (Å²) in [6, 6.07) is 9.43. The second-order valence-corrected chi connectivity index (χ2v) is 7.38. The Morgan fingerprint density at radius 3 is 2.27 bits per heavy atom. The van der Waals surface area contributed by atoms with Gasteiger partial charge in [0, 0.05) is 20.2 Å². The molecule has 0 fully saturated rings. The lowest BCUT2D eigenvalue weighted by atomic mass is 10.3. The van der Waals surface area contributed by atoms with Crippen molar-refractivity contribution in [3.63, 3.8) is 0 Å². The van der Waals surface area contributed by atoms with Gasteiger partial charge < -0.3 is 9.47 Å². The third kappa shape index (κ3) is 2.90. The molecular formula is C17H19N3O5S. The van der Waals surface area contributed by atoms with Crippen molar-refractivity contribution >= 4 is 26.7 Å². The molecular weight excluding hydrogens is 358 g/mol. The van der Waals surface area contributed by atoms with Gasteiger partial charge in [0.1, 0.15) is 16.4 Å². The molecule has 0 aliphatic rings. The van der Waals surface area contributed by atoms with E-state index in [4.69, 9.17) is 9.47 Å². The molecule has 0 radical (unpaired) electrons. The molecule has 0 atom stereocenters. The molecule has 1 aromatic heterocycles. The highest BCUT2D eigenvalue weighted by Gasteiger charge is 2.21. The van der Waals surface area contributed by atoms with Gasteiger partial charge in [0.25, 0.3) is 10.0 Å². The van der Waals surface area contributed by atoms with E-state index in [9.17, 15) is 13.2 Å². The molecule has 0 saturated carbocycles. The number of aromatic nitrogens is 2. The highest BCUT2D eigenvalue weighted by Crippen LogP contribution is 2.30. The van der Waals surface area contributed by atoms with E-state index in [1.54, 1.807) is 38.4 Å². The molecule has 0 aliphatic carbocycles. The number of fused-ring (bicyclic) bond motifs is 1. The Morgan fingerprint density at radius 2 is 1.62 bits per heavy atom. The lowest BCUT2D eigenvalue weighted by molar-refractivity contribution is 0.392. The van der Waals surface area contributed by atoms with Gasteiger partial charge >= 0.3 is 5.69 Å². The van der Waals surface area contributed by atoms with Crippen LogP contribution in [0.15, 0.2) is 46.1 Å². The number of rotatable bonds is 5. The number of ether oxygens (including phenoxy) is 2. The SMILES string of the molecule is COc1ccc(OC)c(S(=O)(=O)Nc2ccc3c(c2)n(C)c(=O)n3C)c1. The number of sulfonamides is 1. The molecule has 0 aliphatic heterocycles. The van der Waals surface area contributed by atoms with E-state index < -0.39 is 10.0 Å². The van der Waals surface area contributed by atoms with Crippen molar-refractivity contribution in [1.29, 1.82) is 0 Å². The maximum atomic E-state index is 12.8. The van der Waals surface area contributed by atoms with E-state index in [2.05, 4.69) is 4.72 Å². The molecule has 138 valence electrons. The first kappa shape index (κ1) is 17.9. The minimum Gasteiger partial charge on any atom is -0.497 e. The summed E-state index contributed by atoms with van der Waals surface area (Å²) in [5.41, 5.74) is 1.48. The van der Waals surface area contributed by atoms with Crippen molar-refractivity contribution in [1.82, 2.24) is 9.13 Å². The first-order chi connectivity index (χ1) is 12.3.